The van der Waals surface area contributed by atoms with Crippen molar-refractivity contribution in [3.05, 3.63) is 63.9 Å². The number of hydrogen-bond acceptors (Lipinski definition) is 5. The molecule has 1 aliphatic heterocycles. The number of H-pyrrole nitrogens is 1. The number of aromatic nitrogens is 1. The van der Waals surface area contributed by atoms with Gasteiger partial charge in [-0.25, -0.2) is 0 Å². The van der Waals surface area contributed by atoms with Crippen LogP contribution < -0.4 is 25.1 Å². The van der Waals surface area contributed by atoms with Gasteiger partial charge in [-0.2, -0.15) is 0 Å². The molecule has 1 aromatic heterocycles. The van der Waals surface area contributed by atoms with Crippen LogP contribution in [0, 0.1) is 0 Å². The molecule has 4 rings (SSSR count). The molecule has 0 spiro atoms. The normalized spacial score (nSPS) is 12.5. The van der Waals surface area contributed by atoms with E-state index in [0.717, 1.165) is 33.7 Å². The van der Waals surface area contributed by atoms with Crippen LogP contribution in [0.15, 0.2) is 47.3 Å². The molecule has 0 atom stereocenters. The van der Waals surface area contributed by atoms with E-state index in [4.69, 9.17) is 14.2 Å². The van der Waals surface area contributed by atoms with E-state index < -0.39 is 0 Å². The molecule has 0 bridgehead atoms. The summed E-state index contributed by atoms with van der Waals surface area (Å²) >= 11 is 0. The van der Waals surface area contributed by atoms with Crippen molar-refractivity contribution in [2.24, 2.45) is 0 Å². The number of hydrogen-bond donors (Lipinski definition) is 2. The molecule has 2 aromatic carbocycles. The Morgan fingerprint density at radius 1 is 1.08 bits per heavy atom. The second kappa shape index (κ2) is 6.49. The van der Waals surface area contributed by atoms with Crippen LogP contribution in [0.4, 0.5) is 0 Å². The summed E-state index contributed by atoms with van der Waals surface area (Å²) in [6.45, 7) is 1.37. The molecular weight excluding hydrogens is 320 g/mol. The summed E-state index contributed by atoms with van der Waals surface area (Å²) in [5.74, 6) is 2.29. The quantitative estimate of drug-likeness (QED) is 0.748. The second-order valence-electron chi connectivity index (χ2n) is 5.87. The Morgan fingerprint density at radius 3 is 2.84 bits per heavy atom. The van der Waals surface area contributed by atoms with Crippen LogP contribution in [0.2, 0.25) is 0 Å². The molecule has 128 valence electrons. The summed E-state index contributed by atoms with van der Waals surface area (Å²) in [5, 5.41) is 4.24. The zero-order valence-corrected chi connectivity index (χ0v) is 13.8. The molecule has 6 heteroatoms. The lowest BCUT2D eigenvalue weighted by Crippen LogP contribution is -2.20. The molecule has 3 aromatic rings. The Morgan fingerprint density at radius 2 is 1.96 bits per heavy atom. The Balaban J connectivity index is 1.48. The van der Waals surface area contributed by atoms with Crippen LogP contribution in [0.5, 0.6) is 17.2 Å². The van der Waals surface area contributed by atoms with Crippen molar-refractivity contribution in [2.45, 2.75) is 13.1 Å². The van der Waals surface area contributed by atoms with Gasteiger partial charge in [0.2, 0.25) is 6.79 Å². The van der Waals surface area contributed by atoms with Crippen molar-refractivity contribution in [2.75, 3.05) is 13.9 Å². The molecule has 0 radical (unpaired) electrons. The highest BCUT2D eigenvalue weighted by molar-refractivity contribution is 5.80. The van der Waals surface area contributed by atoms with Gasteiger partial charge in [0.25, 0.3) is 5.56 Å². The van der Waals surface area contributed by atoms with Crippen molar-refractivity contribution in [3.8, 4) is 17.2 Å². The highest BCUT2D eigenvalue weighted by Gasteiger charge is 2.13. The molecule has 0 amide bonds. The number of pyridine rings is 1. The summed E-state index contributed by atoms with van der Waals surface area (Å²) < 4.78 is 15.9. The lowest BCUT2D eigenvalue weighted by Gasteiger charge is -2.08. The SMILES string of the molecule is COc1ccc2[nH]c(=O)c(CNCc3ccc4c(c3)OCO4)cc2c1. The van der Waals surface area contributed by atoms with Gasteiger partial charge in [-0.15, -0.1) is 0 Å². The highest BCUT2D eigenvalue weighted by Crippen LogP contribution is 2.32. The van der Waals surface area contributed by atoms with Crippen molar-refractivity contribution in [1.82, 2.24) is 10.3 Å². The maximum atomic E-state index is 12.2. The highest BCUT2D eigenvalue weighted by atomic mass is 16.7. The van der Waals surface area contributed by atoms with E-state index in [0.29, 0.717) is 18.7 Å². The zero-order chi connectivity index (χ0) is 17.2. The average molecular weight is 338 g/mol. The first-order valence-electron chi connectivity index (χ1n) is 8.02. The van der Waals surface area contributed by atoms with Crippen molar-refractivity contribution in [1.29, 1.82) is 0 Å². The summed E-state index contributed by atoms with van der Waals surface area (Å²) in [6.07, 6.45) is 0. The molecule has 0 saturated heterocycles. The number of aromatic amines is 1. The van der Waals surface area contributed by atoms with E-state index in [2.05, 4.69) is 10.3 Å². The Kier molecular flexibility index (Phi) is 4.03. The molecule has 0 fully saturated rings. The van der Waals surface area contributed by atoms with Crippen LogP contribution in [0.25, 0.3) is 10.9 Å². The first kappa shape index (κ1) is 15.5. The Labute approximate surface area is 144 Å². The minimum absolute atomic E-state index is 0.0872. The van der Waals surface area contributed by atoms with E-state index >= 15 is 0 Å². The van der Waals surface area contributed by atoms with E-state index in [1.807, 2.05) is 42.5 Å². The number of ether oxygens (including phenoxy) is 3. The molecule has 6 nitrogen and oxygen atoms in total. The van der Waals surface area contributed by atoms with Gasteiger partial charge in [0.15, 0.2) is 11.5 Å². The van der Waals surface area contributed by atoms with E-state index in [9.17, 15) is 4.79 Å². The minimum Gasteiger partial charge on any atom is -0.497 e. The number of fused-ring (bicyclic) bond motifs is 2. The standard InChI is InChI=1S/C19H18N2O4/c1-23-15-3-4-16-13(8-15)7-14(19(22)21-16)10-20-9-12-2-5-17-18(6-12)25-11-24-17/h2-8,20H,9-11H2,1H3,(H,21,22). The third kappa shape index (κ3) is 3.16. The fraction of sp³-hybridized carbons (Fsp3) is 0.211. The lowest BCUT2D eigenvalue weighted by atomic mass is 10.1. The summed E-state index contributed by atoms with van der Waals surface area (Å²) in [7, 11) is 1.63. The van der Waals surface area contributed by atoms with Crippen LogP contribution in [-0.4, -0.2) is 18.9 Å². The van der Waals surface area contributed by atoms with E-state index in [1.54, 1.807) is 7.11 Å². The molecule has 0 aliphatic carbocycles. The fourth-order valence-electron chi connectivity index (χ4n) is 2.88. The first-order valence-corrected chi connectivity index (χ1v) is 8.02. The molecule has 2 N–H and O–H groups in total. The van der Waals surface area contributed by atoms with Crippen LogP contribution in [-0.2, 0) is 13.1 Å². The van der Waals surface area contributed by atoms with Gasteiger partial charge in [-0.05, 0) is 42.0 Å². The Bertz CT molecular complexity index is 981. The third-order valence-electron chi connectivity index (χ3n) is 4.21. The number of benzene rings is 2. The molecule has 0 saturated carbocycles. The van der Waals surface area contributed by atoms with Gasteiger partial charge in [0.05, 0.1) is 7.11 Å². The van der Waals surface area contributed by atoms with Gasteiger partial charge < -0.3 is 24.5 Å². The predicted molar refractivity (Wildman–Crippen MR) is 94.2 cm³/mol. The molecule has 1 aliphatic rings. The topological polar surface area (TPSA) is 72.6 Å². The van der Waals surface area contributed by atoms with Gasteiger partial charge in [-0.3, -0.25) is 4.79 Å². The van der Waals surface area contributed by atoms with Crippen molar-refractivity contribution in [3.63, 3.8) is 0 Å². The monoisotopic (exact) mass is 338 g/mol. The molecule has 25 heavy (non-hydrogen) atoms. The predicted octanol–water partition coefficient (Wildman–Crippen LogP) is 2.56. The number of methoxy groups -OCH3 is 1. The summed E-state index contributed by atoms with van der Waals surface area (Å²) in [5.41, 5.74) is 2.46. The smallest absolute Gasteiger partial charge is 0.252 e. The van der Waals surface area contributed by atoms with Gasteiger partial charge in [-0.1, -0.05) is 6.07 Å². The average Bonchev–Trinajstić information content (AvgIpc) is 3.09. The summed E-state index contributed by atoms with van der Waals surface area (Å²) in [4.78, 5) is 15.1. The van der Waals surface area contributed by atoms with Gasteiger partial charge in [0, 0.05) is 29.6 Å². The molecule has 0 unspecified atom stereocenters. The third-order valence-corrected chi connectivity index (χ3v) is 4.21. The first-order chi connectivity index (χ1) is 12.2. The van der Waals surface area contributed by atoms with Crippen molar-refractivity contribution >= 4 is 10.9 Å². The second-order valence-corrected chi connectivity index (χ2v) is 5.87. The number of nitrogens with one attached hydrogen (secondary N) is 2. The van der Waals surface area contributed by atoms with Gasteiger partial charge >= 0.3 is 0 Å². The maximum Gasteiger partial charge on any atom is 0.252 e. The van der Waals surface area contributed by atoms with E-state index in [-0.39, 0.29) is 12.4 Å². The number of rotatable bonds is 5. The van der Waals surface area contributed by atoms with Crippen LogP contribution in [0.3, 0.4) is 0 Å². The van der Waals surface area contributed by atoms with Crippen LogP contribution >= 0.6 is 0 Å². The Hall–Kier alpha value is -2.99. The summed E-state index contributed by atoms with van der Waals surface area (Å²) in [6, 6.07) is 13.3. The minimum atomic E-state index is -0.0872. The van der Waals surface area contributed by atoms with Crippen LogP contribution in [0.1, 0.15) is 11.1 Å². The van der Waals surface area contributed by atoms with Crippen molar-refractivity contribution < 1.29 is 14.2 Å². The largest absolute Gasteiger partial charge is 0.497 e. The molecule has 2 heterocycles. The lowest BCUT2D eigenvalue weighted by molar-refractivity contribution is 0.174. The maximum absolute atomic E-state index is 12.2. The zero-order valence-electron chi connectivity index (χ0n) is 13.8. The fourth-order valence-corrected chi connectivity index (χ4v) is 2.88. The molecular formula is C19H18N2O4. The van der Waals surface area contributed by atoms with Gasteiger partial charge in [0.1, 0.15) is 5.75 Å². The van der Waals surface area contributed by atoms with E-state index in [1.165, 1.54) is 0 Å².